The van der Waals surface area contributed by atoms with Crippen molar-refractivity contribution in [1.82, 2.24) is 0 Å². The zero-order valence-electron chi connectivity index (χ0n) is 10.3. The van der Waals surface area contributed by atoms with Crippen LogP contribution in [0.1, 0.15) is 52.4 Å². The van der Waals surface area contributed by atoms with Crippen molar-refractivity contribution in [1.29, 1.82) is 0 Å². The Hall–Kier alpha value is -0.0800. The molecule has 0 aromatic heterocycles. The Labute approximate surface area is 94.3 Å². The van der Waals surface area contributed by atoms with Gasteiger partial charge in [-0.05, 0) is 38.5 Å². The third kappa shape index (κ3) is 5.53. The molecule has 0 saturated heterocycles. The Kier molecular flexibility index (Phi) is 7.03. The number of unbranched alkanes of at least 4 members (excludes halogenated alkanes) is 1. The lowest BCUT2D eigenvalue weighted by Crippen LogP contribution is -2.25. The molecule has 0 heterocycles. The van der Waals surface area contributed by atoms with Gasteiger partial charge in [-0.1, -0.05) is 19.8 Å². The van der Waals surface area contributed by atoms with E-state index in [4.69, 9.17) is 9.47 Å². The highest BCUT2D eigenvalue weighted by atomic mass is 16.5. The third-order valence-electron chi connectivity index (χ3n) is 3.13. The summed E-state index contributed by atoms with van der Waals surface area (Å²) in [4.78, 5) is 0. The quantitative estimate of drug-likeness (QED) is 0.605. The van der Waals surface area contributed by atoms with Crippen molar-refractivity contribution >= 4 is 0 Å². The van der Waals surface area contributed by atoms with Gasteiger partial charge in [0.05, 0.1) is 6.10 Å². The van der Waals surface area contributed by atoms with Crippen LogP contribution in [0.2, 0.25) is 0 Å². The first-order chi connectivity index (χ1) is 7.36. The summed E-state index contributed by atoms with van der Waals surface area (Å²) in [7, 11) is 0. The van der Waals surface area contributed by atoms with Crippen molar-refractivity contribution in [3.05, 3.63) is 0 Å². The van der Waals surface area contributed by atoms with E-state index in [0.29, 0.717) is 6.10 Å². The SMILES string of the molecule is CCCCOCC1CCCC(OCC)C1. The predicted octanol–water partition coefficient (Wildman–Crippen LogP) is 3.40. The van der Waals surface area contributed by atoms with Gasteiger partial charge in [0.2, 0.25) is 0 Å². The molecule has 2 nitrogen and oxygen atoms in total. The fourth-order valence-electron chi connectivity index (χ4n) is 2.28. The highest BCUT2D eigenvalue weighted by Gasteiger charge is 2.21. The summed E-state index contributed by atoms with van der Waals surface area (Å²) in [6.45, 7) is 7.03. The van der Waals surface area contributed by atoms with Crippen LogP contribution in [0.15, 0.2) is 0 Å². The molecule has 2 atom stereocenters. The third-order valence-corrected chi connectivity index (χ3v) is 3.13. The average molecular weight is 214 g/mol. The van der Waals surface area contributed by atoms with Crippen LogP contribution in [-0.2, 0) is 9.47 Å². The van der Waals surface area contributed by atoms with Gasteiger partial charge >= 0.3 is 0 Å². The van der Waals surface area contributed by atoms with Crippen LogP contribution in [0, 0.1) is 5.92 Å². The summed E-state index contributed by atoms with van der Waals surface area (Å²) in [6.07, 6.45) is 8.03. The topological polar surface area (TPSA) is 18.5 Å². The normalized spacial score (nSPS) is 26.8. The van der Waals surface area contributed by atoms with E-state index < -0.39 is 0 Å². The first-order valence-corrected chi connectivity index (χ1v) is 6.56. The number of rotatable bonds is 7. The fourth-order valence-corrected chi connectivity index (χ4v) is 2.28. The van der Waals surface area contributed by atoms with Crippen LogP contribution in [0.5, 0.6) is 0 Å². The second kappa shape index (κ2) is 8.12. The van der Waals surface area contributed by atoms with Gasteiger partial charge in [0, 0.05) is 19.8 Å². The molecule has 0 N–H and O–H groups in total. The minimum absolute atomic E-state index is 0.503. The monoisotopic (exact) mass is 214 g/mol. The number of hydrogen-bond acceptors (Lipinski definition) is 2. The molecule has 2 heteroatoms. The molecule has 0 radical (unpaired) electrons. The average Bonchev–Trinajstić information content (AvgIpc) is 2.26. The lowest BCUT2D eigenvalue weighted by molar-refractivity contribution is -0.00230. The maximum absolute atomic E-state index is 5.68. The molecule has 0 aromatic rings. The lowest BCUT2D eigenvalue weighted by Gasteiger charge is -2.28. The molecule has 15 heavy (non-hydrogen) atoms. The molecule has 1 saturated carbocycles. The molecule has 0 aliphatic heterocycles. The van der Waals surface area contributed by atoms with Crippen molar-refractivity contribution in [3.63, 3.8) is 0 Å². The second-order valence-electron chi connectivity index (χ2n) is 4.54. The van der Waals surface area contributed by atoms with Gasteiger partial charge in [-0.15, -0.1) is 0 Å². The van der Waals surface area contributed by atoms with Crippen LogP contribution in [-0.4, -0.2) is 25.9 Å². The van der Waals surface area contributed by atoms with Gasteiger partial charge in [-0.2, -0.15) is 0 Å². The largest absolute Gasteiger partial charge is 0.381 e. The molecule has 0 bridgehead atoms. The second-order valence-corrected chi connectivity index (χ2v) is 4.54. The van der Waals surface area contributed by atoms with Crippen molar-refractivity contribution in [3.8, 4) is 0 Å². The summed E-state index contributed by atoms with van der Waals surface area (Å²) in [5.74, 6) is 0.743. The van der Waals surface area contributed by atoms with Gasteiger partial charge in [0.15, 0.2) is 0 Å². The van der Waals surface area contributed by atoms with Gasteiger partial charge < -0.3 is 9.47 Å². The zero-order valence-corrected chi connectivity index (χ0v) is 10.3. The summed E-state index contributed by atoms with van der Waals surface area (Å²) in [5, 5.41) is 0. The lowest BCUT2D eigenvalue weighted by atomic mass is 9.88. The van der Waals surface area contributed by atoms with E-state index in [1.807, 2.05) is 0 Å². The van der Waals surface area contributed by atoms with E-state index in [1.54, 1.807) is 0 Å². The Morgan fingerprint density at radius 3 is 2.80 bits per heavy atom. The van der Waals surface area contributed by atoms with E-state index in [9.17, 15) is 0 Å². The molecule has 0 amide bonds. The molecule has 1 fully saturated rings. The molecule has 0 aromatic carbocycles. The summed E-state index contributed by atoms with van der Waals surface area (Å²) < 4.78 is 11.4. The minimum atomic E-state index is 0.503. The van der Waals surface area contributed by atoms with E-state index in [-0.39, 0.29) is 0 Å². The van der Waals surface area contributed by atoms with E-state index in [1.165, 1.54) is 38.5 Å². The molecule has 2 unspecified atom stereocenters. The molecule has 1 aliphatic rings. The first-order valence-electron chi connectivity index (χ1n) is 6.56. The van der Waals surface area contributed by atoms with E-state index >= 15 is 0 Å². The van der Waals surface area contributed by atoms with Gasteiger partial charge in [-0.3, -0.25) is 0 Å². The highest BCUT2D eigenvalue weighted by molar-refractivity contribution is 4.73. The van der Waals surface area contributed by atoms with Crippen LogP contribution < -0.4 is 0 Å². The Bertz CT molecular complexity index is 145. The minimum Gasteiger partial charge on any atom is -0.381 e. The fraction of sp³-hybridized carbons (Fsp3) is 1.00. The van der Waals surface area contributed by atoms with Crippen LogP contribution in [0.3, 0.4) is 0 Å². The molecule has 1 rings (SSSR count). The van der Waals surface area contributed by atoms with Gasteiger partial charge in [0.25, 0.3) is 0 Å². The van der Waals surface area contributed by atoms with Crippen LogP contribution in [0.25, 0.3) is 0 Å². The molecular formula is C13H26O2. The van der Waals surface area contributed by atoms with Gasteiger partial charge in [0.1, 0.15) is 0 Å². The Balaban J connectivity index is 2.07. The summed E-state index contributed by atoms with van der Waals surface area (Å²) in [6, 6.07) is 0. The predicted molar refractivity (Wildman–Crippen MR) is 63.1 cm³/mol. The molecule has 1 aliphatic carbocycles. The maximum atomic E-state index is 5.68. The number of hydrogen-bond donors (Lipinski definition) is 0. The standard InChI is InChI=1S/C13H26O2/c1-3-5-9-14-11-12-7-6-8-13(10-12)15-4-2/h12-13H,3-11H2,1-2H3. The van der Waals surface area contributed by atoms with E-state index in [2.05, 4.69) is 13.8 Å². The number of ether oxygens (including phenoxy) is 2. The van der Waals surface area contributed by atoms with Crippen molar-refractivity contribution in [2.24, 2.45) is 5.92 Å². The maximum Gasteiger partial charge on any atom is 0.0578 e. The Morgan fingerprint density at radius 2 is 2.07 bits per heavy atom. The first kappa shape index (κ1) is 13.0. The van der Waals surface area contributed by atoms with Crippen molar-refractivity contribution in [2.45, 2.75) is 58.5 Å². The van der Waals surface area contributed by atoms with Crippen molar-refractivity contribution in [2.75, 3.05) is 19.8 Å². The summed E-state index contributed by atoms with van der Waals surface area (Å²) >= 11 is 0. The van der Waals surface area contributed by atoms with Crippen LogP contribution >= 0.6 is 0 Å². The van der Waals surface area contributed by atoms with Crippen molar-refractivity contribution < 1.29 is 9.47 Å². The molecule has 0 spiro atoms. The highest BCUT2D eigenvalue weighted by Crippen LogP contribution is 2.26. The smallest absolute Gasteiger partial charge is 0.0578 e. The van der Waals surface area contributed by atoms with E-state index in [0.717, 1.165) is 25.7 Å². The van der Waals surface area contributed by atoms with Gasteiger partial charge in [-0.25, -0.2) is 0 Å². The molecule has 90 valence electrons. The Morgan fingerprint density at radius 1 is 1.20 bits per heavy atom. The zero-order chi connectivity index (χ0) is 10.9. The molecular weight excluding hydrogens is 188 g/mol. The van der Waals surface area contributed by atoms with Crippen LogP contribution in [0.4, 0.5) is 0 Å². The summed E-state index contributed by atoms with van der Waals surface area (Å²) in [5.41, 5.74) is 0.